The average molecular weight is 437 g/mol. The summed E-state index contributed by atoms with van der Waals surface area (Å²) in [5.41, 5.74) is 15.3. The Bertz CT molecular complexity index is 849. The lowest BCUT2D eigenvalue weighted by Crippen LogP contribution is -2.21. The lowest BCUT2D eigenvalue weighted by molar-refractivity contribution is -0.192. The van der Waals surface area contributed by atoms with E-state index in [1.165, 1.54) is 22.5 Å². The van der Waals surface area contributed by atoms with E-state index < -0.39 is 18.1 Å². The van der Waals surface area contributed by atoms with Crippen LogP contribution in [0.3, 0.4) is 0 Å². The first kappa shape index (κ1) is 19.3. The molecule has 1 aliphatic rings. The summed E-state index contributed by atoms with van der Waals surface area (Å²) in [6.07, 6.45) is -3.34. The SMILES string of the molecule is NC(=O)c1c(N)sc2c1CCc1cc(Br)ccc1-2.O=C(O)C(F)(F)F. The number of alkyl halides is 3. The number of hydrogen-bond donors (Lipinski definition) is 3. The third-order valence-electron chi connectivity index (χ3n) is 3.48. The van der Waals surface area contributed by atoms with Crippen LogP contribution in [0.5, 0.6) is 0 Å². The highest BCUT2D eigenvalue weighted by Gasteiger charge is 2.38. The molecule has 1 amide bonds. The van der Waals surface area contributed by atoms with Gasteiger partial charge in [0.15, 0.2) is 0 Å². The molecule has 10 heteroatoms. The fraction of sp³-hybridized carbons (Fsp3) is 0.200. The van der Waals surface area contributed by atoms with Crippen LogP contribution in [0.4, 0.5) is 18.2 Å². The molecule has 0 spiro atoms. The lowest BCUT2D eigenvalue weighted by Gasteiger charge is -2.17. The van der Waals surface area contributed by atoms with Crippen LogP contribution in [0.25, 0.3) is 10.4 Å². The van der Waals surface area contributed by atoms with Gasteiger partial charge in [-0.2, -0.15) is 13.2 Å². The summed E-state index contributed by atoms with van der Waals surface area (Å²) in [6, 6.07) is 6.20. The number of aliphatic carboxylic acids is 1. The van der Waals surface area contributed by atoms with Crippen molar-refractivity contribution < 1.29 is 27.9 Å². The maximum absolute atomic E-state index is 11.5. The van der Waals surface area contributed by atoms with E-state index in [2.05, 4.69) is 28.1 Å². The number of amides is 1. The molecular weight excluding hydrogens is 425 g/mol. The number of carbonyl (C=O) groups excluding carboxylic acids is 1. The van der Waals surface area contributed by atoms with Crippen molar-refractivity contribution >= 4 is 44.1 Å². The first-order valence-corrected chi connectivity index (χ1v) is 8.43. The second kappa shape index (κ2) is 7.04. The molecule has 0 atom stereocenters. The fourth-order valence-corrected chi connectivity index (χ4v) is 4.05. The van der Waals surface area contributed by atoms with Crippen LogP contribution in [-0.4, -0.2) is 23.2 Å². The summed E-state index contributed by atoms with van der Waals surface area (Å²) in [5.74, 6) is -3.18. The number of carboxylic acids is 1. The van der Waals surface area contributed by atoms with E-state index in [0.717, 1.165) is 27.8 Å². The summed E-state index contributed by atoms with van der Waals surface area (Å²) in [7, 11) is 0. The topological polar surface area (TPSA) is 106 Å². The maximum atomic E-state index is 11.5. The third-order valence-corrected chi connectivity index (χ3v) is 5.07. The van der Waals surface area contributed by atoms with E-state index in [4.69, 9.17) is 21.4 Å². The number of thiophene rings is 1. The Kier molecular flexibility index (Phi) is 5.43. The van der Waals surface area contributed by atoms with Gasteiger partial charge in [-0.1, -0.05) is 22.0 Å². The van der Waals surface area contributed by atoms with Gasteiger partial charge in [-0.3, -0.25) is 4.79 Å². The van der Waals surface area contributed by atoms with E-state index in [-0.39, 0.29) is 0 Å². The number of nitrogens with two attached hydrogens (primary N) is 2. The minimum absolute atomic E-state index is 0.425. The molecule has 0 radical (unpaired) electrons. The van der Waals surface area contributed by atoms with Crippen LogP contribution in [0.15, 0.2) is 22.7 Å². The summed E-state index contributed by atoms with van der Waals surface area (Å²) < 4.78 is 32.8. The van der Waals surface area contributed by atoms with Gasteiger partial charge in [0.2, 0.25) is 0 Å². The number of carbonyl (C=O) groups is 2. The molecule has 1 aromatic heterocycles. The van der Waals surface area contributed by atoms with Crippen LogP contribution < -0.4 is 11.5 Å². The minimum Gasteiger partial charge on any atom is -0.475 e. The average Bonchev–Trinajstić information content (AvgIpc) is 2.82. The number of rotatable bonds is 1. The van der Waals surface area contributed by atoms with Crippen molar-refractivity contribution in [3.8, 4) is 10.4 Å². The standard InChI is InChI=1S/C13H11BrN2OS.C2HF3O2/c14-7-2-4-8-6(5-7)1-3-9-10(12(15)17)13(16)18-11(8)9;3-2(4,5)1(6)7/h2,4-5H,1,3,16H2,(H2,15,17);(H,6,7). The van der Waals surface area contributed by atoms with Gasteiger partial charge >= 0.3 is 12.1 Å². The first-order valence-electron chi connectivity index (χ1n) is 6.82. The first-order chi connectivity index (χ1) is 11.5. The largest absolute Gasteiger partial charge is 0.490 e. The molecule has 25 heavy (non-hydrogen) atoms. The summed E-state index contributed by atoms with van der Waals surface area (Å²) in [4.78, 5) is 21.5. The van der Waals surface area contributed by atoms with Gasteiger partial charge < -0.3 is 16.6 Å². The highest BCUT2D eigenvalue weighted by atomic mass is 79.9. The Morgan fingerprint density at radius 2 is 1.84 bits per heavy atom. The highest BCUT2D eigenvalue weighted by Crippen LogP contribution is 2.44. The molecule has 0 unspecified atom stereocenters. The molecule has 0 fully saturated rings. The van der Waals surface area contributed by atoms with Gasteiger partial charge in [0.25, 0.3) is 5.91 Å². The molecule has 5 nitrogen and oxygen atoms in total. The molecule has 1 aliphatic carbocycles. The van der Waals surface area contributed by atoms with Crippen LogP contribution >= 0.6 is 27.3 Å². The number of primary amides is 1. The van der Waals surface area contributed by atoms with Crippen molar-refractivity contribution in [2.75, 3.05) is 5.73 Å². The quantitative estimate of drug-likeness (QED) is 0.634. The summed E-state index contributed by atoms with van der Waals surface area (Å²) in [6.45, 7) is 0. The molecule has 1 aromatic carbocycles. The molecule has 2 aromatic rings. The van der Waals surface area contributed by atoms with Crippen molar-refractivity contribution in [1.82, 2.24) is 0 Å². The smallest absolute Gasteiger partial charge is 0.475 e. The van der Waals surface area contributed by atoms with E-state index >= 15 is 0 Å². The van der Waals surface area contributed by atoms with Crippen LogP contribution in [-0.2, 0) is 17.6 Å². The molecule has 0 bridgehead atoms. The van der Waals surface area contributed by atoms with Gasteiger partial charge in [0, 0.05) is 9.35 Å². The molecule has 0 saturated heterocycles. The normalized spacial score (nSPS) is 12.5. The van der Waals surface area contributed by atoms with E-state index in [1.807, 2.05) is 6.07 Å². The molecule has 0 aliphatic heterocycles. The van der Waals surface area contributed by atoms with Gasteiger partial charge in [-0.15, -0.1) is 11.3 Å². The Morgan fingerprint density at radius 3 is 2.36 bits per heavy atom. The molecule has 3 rings (SSSR count). The van der Waals surface area contributed by atoms with Gasteiger partial charge in [-0.05, 0) is 41.7 Å². The number of benzene rings is 1. The molecule has 134 valence electrons. The zero-order chi connectivity index (χ0) is 18.9. The number of nitrogen functional groups attached to an aromatic ring is 1. The number of hydrogen-bond acceptors (Lipinski definition) is 4. The van der Waals surface area contributed by atoms with Crippen molar-refractivity contribution in [2.24, 2.45) is 5.73 Å². The summed E-state index contributed by atoms with van der Waals surface area (Å²) >= 11 is 4.93. The molecule has 0 saturated carbocycles. The zero-order valence-corrected chi connectivity index (χ0v) is 14.9. The lowest BCUT2D eigenvalue weighted by atomic mass is 9.89. The van der Waals surface area contributed by atoms with Gasteiger partial charge in [0.1, 0.15) is 0 Å². The van der Waals surface area contributed by atoms with Crippen LogP contribution in [0.2, 0.25) is 0 Å². The molecular formula is C15H12BrF3N2O3S. The third kappa shape index (κ3) is 4.13. The Balaban J connectivity index is 0.000000277. The van der Waals surface area contributed by atoms with Crippen molar-refractivity contribution in [3.63, 3.8) is 0 Å². The van der Waals surface area contributed by atoms with Crippen molar-refractivity contribution in [1.29, 1.82) is 0 Å². The number of carboxylic acid groups (broad SMARTS) is 1. The zero-order valence-electron chi connectivity index (χ0n) is 12.5. The number of anilines is 1. The monoisotopic (exact) mass is 436 g/mol. The number of aryl methyl sites for hydroxylation is 1. The predicted octanol–water partition coefficient (Wildman–Crippen LogP) is 3.59. The maximum Gasteiger partial charge on any atom is 0.490 e. The van der Waals surface area contributed by atoms with E-state index in [1.54, 1.807) is 0 Å². The Hall–Kier alpha value is -2.07. The summed E-state index contributed by atoms with van der Waals surface area (Å²) in [5, 5.41) is 7.66. The fourth-order valence-electron chi connectivity index (χ4n) is 2.46. The second-order valence-corrected chi connectivity index (χ2v) is 7.09. The Morgan fingerprint density at radius 1 is 1.24 bits per heavy atom. The number of halogens is 4. The van der Waals surface area contributed by atoms with Crippen LogP contribution in [0.1, 0.15) is 21.5 Å². The van der Waals surface area contributed by atoms with Crippen molar-refractivity contribution in [3.05, 3.63) is 39.4 Å². The van der Waals surface area contributed by atoms with Crippen LogP contribution in [0, 0.1) is 0 Å². The van der Waals surface area contributed by atoms with Gasteiger partial charge in [0.05, 0.1) is 10.6 Å². The number of fused-ring (bicyclic) bond motifs is 3. The van der Waals surface area contributed by atoms with E-state index in [0.29, 0.717) is 10.6 Å². The predicted molar refractivity (Wildman–Crippen MR) is 91.5 cm³/mol. The van der Waals surface area contributed by atoms with E-state index in [9.17, 15) is 18.0 Å². The second-order valence-electron chi connectivity index (χ2n) is 5.12. The Labute approximate surface area is 152 Å². The van der Waals surface area contributed by atoms with Crippen molar-refractivity contribution in [2.45, 2.75) is 19.0 Å². The molecule has 1 heterocycles. The minimum atomic E-state index is -5.08. The molecule has 5 N–H and O–H groups in total. The van der Waals surface area contributed by atoms with Gasteiger partial charge in [-0.25, -0.2) is 4.79 Å². The highest BCUT2D eigenvalue weighted by molar-refractivity contribution is 9.10.